The van der Waals surface area contributed by atoms with Gasteiger partial charge in [0, 0.05) is 20.3 Å². The Morgan fingerprint density at radius 1 is 1.26 bits per heavy atom. The Morgan fingerprint density at radius 2 is 2.00 bits per heavy atom. The van der Waals surface area contributed by atoms with Gasteiger partial charge in [0.2, 0.25) is 5.91 Å². The van der Waals surface area contributed by atoms with Gasteiger partial charge in [0.05, 0.1) is 6.54 Å². The van der Waals surface area contributed by atoms with Crippen LogP contribution in [-0.4, -0.2) is 39.3 Å². The molecule has 106 valence electrons. The second-order valence-corrected chi connectivity index (χ2v) is 4.25. The van der Waals surface area contributed by atoms with Gasteiger partial charge in [-0.1, -0.05) is 12.1 Å². The first-order valence-electron chi connectivity index (χ1n) is 6.43. The van der Waals surface area contributed by atoms with Crippen LogP contribution < -0.4 is 10.6 Å². The summed E-state index contributed by atoms with van der Waals surface area (Å²) in [6.07, 6.45) is 1.59. The van der Waals surface area contributed by atoms with E-state index in [2.05, 4.69) is 10.6 Å². The number of carbonyl (C=O) groups excluding carboxylic acids is 1. The zero-order chi connectivity index (χ0) is 13.9. The molecule has 1 aromatic carbocycles. The van der Waals surface area contributed by atoms with Crippen LogP contribution in [-0.2, 0) is 16.0 Å². The van der Waals surface area contributed by atoms with Crippen molar-refractivity contribution in [1.82, 2.24) is 10.6 Å². The molecule has 4 nitrogen and oxygen atoms in total. The fourth-order valence-corrected chi connectivity index (χ4v) is 1.60. The smallest absolute Gasteiger partial charge is 0.233 e. The summed E-state index contributed by atoms with van der Waals surface area (Å²) in [7, 11) is 1.65. The largest absolute Gasteiger partial charge is 0.385 e. The molecule has 1 amide bonds. The number of halogens is 1. The molecule has 0 saturated carbocycles. The summed E-state index contributed by atoms with van der Waals surface area (Å²) in [5.41, 5.74) is 1.01. The Labute approximate surface area is 113 Å². The van der Waals surface area contributed by atoms with Crippen LogP contribution in [0.2, 0.25) is 0 Å². The molecule has 19 heavy (non-hydrogen) atoms. The van der Waals surface area contributed by atoms with Crippen molar-refractivity contribution >= 4 is 5.91 Å². The highest BCUT2D eigenvalue weighted by molar-refractivity contribution is 5.77. The van der Waals surface area contributed by atoms with Gasteiger partial charge in [-0.15, -0.1) is 0 Å². The molecule has 0 saturated heterocycles. The predicted molar refractivity (Wildman–Crippen MR) is 72.5 cm³/mol. The average molecular weight is 268 g/mol. The molecule has 0 aromatic heterocycles. The molecule has 0 spiro atoms. The van der Waals surface area contributed by atoms with Crippen molar-refractivity contribution in [3.8, 4) is 0 Å². The highest BCUT2D eigenvalue weighted by atomic mass is 19.1. The van der Waals surface area contributed by atoms with Crippen molar-refractivity contribution < 1.29 is 13.9 Å². The molecule has 0 fully saturated rings. The number of nitrogens with one attached hydrogen (secondary N) is 2. The third-order valence-corrected chi connectivity index (χ3v) is 2.64. The summed E-state index contributed by atoms with van der Waals surface area (Å²) in [4.78, 5) is 11.5. The number of amides is 1. The van der Waals surface area contributed by atoms with Crippen molar-refractivity contribution in [2.75, 3.05) is 33.4 Å². The quantitative estimate of drug-likeness (QED) is 0.660. The molecular weight excluding hydrogens is 247 g/mol. The Balaban J connectivity index is 2.05. The number of ether oxygens (including phenoxy) is 1. The van der Waals surface area contributed by atoms with Gasteiger partial charge in [0.15, 0.2) is 0 Å². The first kappa shape index (κ1) is 15.6. The van der Waals surface area contributed by atoms with Gasteiger partial charge in [0.25, 0.3) is 0 Å². The number of rotatable bonds is 9. The second-order valence-electron chi connectivity index (χ2n) is 4.25. The standard InChI is InChI=1S/C14H21FN2O2/c1-19-10-2-8-16-11-14(18)17-9-7-12-3-5-13(15)6-4-12/h3-6,16H,2,7-11H2,1H3,(H,17,18). The van der Waals surface area contributed by atoms with Gasteiger partial charge < -0.3 is 15.4 Å². The SMILES string of the molecule is COCCCNCC(=O)NCCc1ccc(F)cc1. The normalized spacial score (nSPS) is 10.4. The fraction of sp³-hybridized carbons (Fsp3) is 0.500. The summed E-state index contributed by atoms with van der Waals surface area (Å²) in [6, 6.07) is 6.30. The van der Waals surface area contributed by atoms with Crippen LogP contribution in [0.3, 0.4) is 0 Å². The molecule has 0 bridgehead atoms. The molecule has 0 atom stereocenters. The minimum Gasteiger partial charge on any atom is -0.385 e. The topological polar surface area (TPSA) is 50.4 Å². The zero-order valence-electron chi connectivity index (χ0n) is 11.2. The fourth-order valence-electron chi connectivity index (χ4n) is 1.60. The van der Waals surface area contributed by atoms with Crippen molar-refractivity contribution in [2.24, 2.45) is 0 Å². The Morgan fingerprint density at radius 3 is 2.68 bits per heavy atom. The van der Waals surface area contributed by atoms with Gasteiger partial charge >= 0.3 is 0 Å². The molecule has 0 unspecified atom stereocenters. The van der Waals surface area contributed by atoms with E-state index in [1.54, 1.807) is 19.2 Å². The third-order valence-electron chi connectivity index (χ3n) is 2.64. The van der Waals surface area contributed by atoms with E-state index in [-0.39, 0.29) is 11.7 Å². The lowest BCUT2D eigenvalue weighted by Gasteiger charge is -2.06. The average Bonchev–Trinajstić information content (AvgIpc) is 2.41. The monoisotopic (exact) mass is 268 g/mol. The summed E-state index contributed by atoms with van der Waals surface area (Å²) < 4.78 is 17.6. The summed E-state index contributed by atoms with van der Waals surface area (Å²) in [6.45, 7) is 2.33. The minimum atomic E-state index is -0.243. The lowest BCUT2D eigenvalue weighted by atomic mass is 10.1. The maximum absolute atomic E-state index is 12.7. The van der Waals surface area contributed by atoms with Gasteiger partial charge in [-0.25, -0.2) is 4.39 Å². The number of methoxy groups -OCH3 is 1. The molecule has 0 radical (unpaired) electrons. The van der Waals surface area contributed by atoms with Crippen molar-refractivity contribution in [3.63, 3.8) is 0 Å². The highest BCUT2D eigenvalue weighted by Crippen LogP contribution is 2.02. The van der Waals surface area contributed by atoms with Gasteiger partial charge in [0.1, 0.15) is 5.82 Å². The molecule has 0 aliphatic heterocycles. The van der Waals surface area contributed by atoms with Crippen LogP contribution in [0, 0.1) is 5.82 Å². The number of benzene rings is 1. The van der Waals surface area contributed by atoms with Gasteiger partial charge in [-0.05, 0) is 37.1 Å². The molecule has 5 heteroatoms. The van der Waals surface area contributed by atoms with Crippen molar-refractivity contribution in [3.05, 3.63) is 35.6 Å². The van der Waals surface area contributed by atoms with E-state index < -0.39 is 0 Å². The van der Waals surface area contributed by atoms with E-state index in [1.165, 1.54) is 12.1 Å². The number of hydrogen-bond acceptors (Lipinski definition) is 3. The molecule has 0 heterocycles. The second kappa shape index (κ2) is 9.47. The van der Waals surface area contributed by atoms with Gasteiger partial charge in [-0.2, -0.15) is 0 Å². The van der Waals surface area contributed by atoms with E-state index >= 15 is 0 Å². The molecule has 2 N–H and O–H groups in total. The van der Waals surface area contributed by atoms with Crippen LogP contribution in [0.25, 0.3) is 0 Å². The van der Waals surface area contributed by atoms with Crippen LogP contribution in [0.15, 0.2) is 24.3 Å². The molecule has 0 aliphatic rings. The van der Waals surface area contributed by atoms with E-state index in [9.17, 15) is 9.18 Å². The molecule has 1 rings (SSSR count). The maximum atomic E-state index is 12.7. The number of carbonyl (C=O) groups is 1. The Bertz CT molecular complexity index is 368. The predicted octanol–water partition coefficient (Wildman–Crippen LogP) is 1.11. The van der Waals surface area contributed by atoms with Crippen LogP contribution >= 0.6 is 0 Å². The summed E-state index contributed by atoms with van der Waals surface area (Å²) >= 11 is 0. The van der Waals surface area contributed by atoms with Crippen molar-refractivity contribution in [1.29, 1.82) is 0 Å². The lowest BCUT2D eigenvalue weighted by Crippen LogP contribution is -2.35. The zero-order valence-corrected chi connectivity index (χ0v) is 11.2. The number of hydrogen-bond donors (Lipinski definition) is 2. The van der Waals surface area contributed by atoms with E-state index in [0.29, 0.717) is 26.1 Å². The van der Waals surface area contributed by atoms with E-state index in [1.807, 2.05) is 0 Å². The Hall–Kier alpha value is -1.46. The summed E-state index contributed by atoms with van der Waals surface area (Å²) in [5.74, 6) is -0.271. The first-order valence-corrected chi connectivity index (χ1v) is 6.43. The van der Waals surface area contributed by atoms with Crippen molar-refractivity contribution in [2.45, 2.75) is 12.8 Å². The van der Waals surface area contributed by atoms with E-state index in [0.717, 1.165) is 18.5 Å². The van der Waals surface area contributed by atoms with Crippen LogP contribution in [0.5, 0.6) is 0 Å². The highest BCUT2D eigenvalue weighted by Gasteiger charge is 2.00. The minimum absolute atomic E-state index is 0.0282. The van der Waals surface area contributed by atoms with Crippen LogP contribution in [0.1, 0.15) is 12.0 Å². The molecule has 1 aromatic rings. The molecule has 0 aliphatic carbocycles. The van der Waals surface area contributed by atoms with Gasteiger partial charge in [-0.3, -0.25) is 4.79 Å². The van der Waals surface area contributed by atoms with E-state index in [4.69, 9.17) is 4.74 Å². The summed E-state index contributed by atoms with van der Waals surface area (Å²) in [5, 5.41) is 5.84. The maximum Gasteiger partial charge on any atom is 0.233 e. The third kappa shape index (κ3) is 7.54. The molecular formula is C14H21FN2O2. The first-order chi connectivity index (χ1) is 9.22. The lowest BCUT2D eigenvalue weighted by molar-refractivity contribution is -0.120. The Kier molecular flexibility index (Phi) is 7.77. The van der Waals surface area contributed by atoms with Crippen LogP contribution in [0.4, 0.5) is 4.39 Å².